The van der Waals surface area contributed by atoms with Crippen LogP contribution in [-0.2, 0) is 9.59 Å². The maximum absolute atomic E-state index is 12.1. The van der Waals surface area contributed by atoms with Crippen LogP contribution in [-0.4, -0.2) is 17.6 Å². The third-order valence-electron chi connectivity index (χ3n) is 2.89. The summed E-state index contributed by atoms with van der Waals surface area (Å²) in [7, 11) is 0. The van der Waals surface area contributed by atoms with Gasteiger partial charge in [-0.3, -0.25) is 9.59 Å². The van der Waals surface area contributed by atoms with E-state index in [1.165, 1.54) is 17.8 Å². The number of amides is 2. The van der Waals surface area contributed by atoms with Crippen molar-refractivity contribution in [2.75, 3.05) is 11.1 Å². The second kappa shape index (κ2) is 8.78. The van der Waals surface area contributed by atoms with E-state index in [0.717, 1.165) is 10.5 Å². The topological polar surface area (TPSA) is 72.2 Å². The molecule has 0 bridgehead atoms. The zero-order valence-electron chi connectivity index (χ0n) is 12.5. The Balaban J connectivity index is 2.05. The Morgan fingerprint density at radius 1 is 1.12 bits per heavy atom. The van der Waals surface area contributed by atoms with E-state index in [4.69, 9.17) is 28.9 Å². The summed E-state index contributed by atoms with van der Waals surface area (Å²) in [6.45, 7) is 0. The Kier molecular flexibility index (Phi) is 6.73. The molecular formula is C17H14Cl2N2O2S. The SMILES string of the molecule is NC(=O)CSc1ccccc1NC(=O)/C=C/c1ccc(Cl)c(Cl)c1. The summed E-state index contributed by atoms with van der Waals surface area (Å²) < 4.78 is 0. The van der Waals surface area contributed by atoms with Crippen LogP contribution >= 0.6 is 35.0 Å². The van der Waals surface area contributed by atoms with Crippen molar-refractivity contribution in [1.29, 1.82) is 0 Å². The van der Waals surface area contributed by atoms with Gasteiger partial charge in [-0.25, -0.2) is 0 Å². The molecule has 0 radical (unpaired) electrons. The van der Waals surface area contributed by atoms with Gasteiger partial charge in [-0.2, -0.15) is 0 Å². The molecule has 24 heavy (non-hydrogen) atoms. The van der Waals surface area contributed by atoms with Crippen LogP contribution < -0.4 is 11.1 Å². The Morgan fingerprint density at radius 2 is 1.88 bits per heavy atom. The number of para-hydroxylation sites is 1. The highest BCUT2D eigenvalue weighted by Gasteiger charge is 2.06. The third kappa shape index (κ3) is 5.60. The number of primary amides is 1. The van der Waals surface area contributed by atoms with Gasteiger partial charge < -0.3 is 11.1 Å². The zero-order valence-corrected chi connectivity index (χ0v) is 14.8. The predicted molar refractivity (Wildman–Crippen MR) is 100 cm³/mol. The highest BCUT2D eigenvalue weighted by atomic mass is 35.5. The molecule has 2 rings (SSSR count). The smallest absolute Gasteiger partial charge is 0.248 e. The summed E-state index contributed by atoms with van der Waals surface area (Å²) in [5, 5.41) is 3.65. The number of halogens is 2. The number of rotatable bonds is 6. The second-order valence-corrected chi connectivity index (χ2v) is 6.58. The van der Waals surface area contributed by atoms with E-state index in [9.17, 15) is 9.59 Å². The van der Waals surface area contributed by atoms with Crippen molar-refractivity contribution in [3.63, 3.8) is 0 Å². The minimum absolute atomic E-state index is 0.145. The van der Waals surface area contributed by atoms with Gasteiger partial charge in [0, 0.05) is 11.0 Å². The fourth-order valence-electron chi connectivity index (χ4n) is 1.81. The molecule has 7 heteroatoms. The van der Waals surface area contributed by atoms with Crippen molar-refractivity contribution in [1.82, 2.24) is 0 Å². The van der Waals surface area contributed by atoms with Gasteiger partial charge >= 0.3 is 0 Å². The highest BCUT2D eigenvalue weighted by Crippen LogP contribution is 2.27. The summed E-state index contributed by atoms with van der Waals surface area (Å²) in [6, 6.07) is 12.3. The third-order valence-corrected chi connectivity index (χ3v) is 4.72. The first kappa shape index (κ1) is 18.4. The quantitative estimate of drug-likeness (QED) is 0.581. The van der Waals surface area contributed by atoms with Gasteiger partial charge in [0.25, 0.3) is 0 Å². The van der Waals surface area contributed by atoms with E-state index in [1.54, 1.807) is 36.4 Å². The van der Waals surface area contributed by atoms with Crippen molar-refractivity contribution in [2.45, 2.75) is 4.90 Å². The molecule has 0 aromatic heterocycles. The largest absolute Gasteiger partial charge is 0.369 e. The maximum Gasteiger partial charge on any atom is 0.248 e. The van der Waals surface area contributed by atoms with E-state index < -0.39 is 5.91 Å². The van der Waals surface area contributed by atoms with Crippen molar-refractivity contribution >= 4 is 58.5 Å². The Labute approximate surface area is 154 Å². The van der Waals surface area contributed by atoms with Crippen LogP contribution in [0.5, 0.6) is 0 Å². The lowest BCUT2D eigenvalue weighted by atomic mass is 10.2. The van der Waals surface area contributed by atoms with Gasteiger partial charge in [0.2, 0.25) is 11.8 Å². The predicted octanol–water partition coefficient (Wildman–Crippen LogP) is 4.22. The molecule has 4 nitrogen and oxygen atoms in total. The number of benzene rings is 2. The average Bonchev–Trinajstić information content (AvgIpc) is 2.55. The van der Waals surface area contributed by atoms with E-state index >= 15 is 0 Å². The van der Waals surface area contributed by atoms with E-state index in [0.29, 0.717) is 15.7 Å². The molecule has 2 aromatic carbocycles. The molecule has 0 unspecified atom stereocenters. The molecule has 0 fully saturated rings. The molecule has 0 saturated carbocycles. The van der Waals surface area contributed by atoms with Gasteiger partial charge in [0.15, 0.2) is 0 Å². The van der Waals surface area contributed by atoms with Gasteiger partial charge in [-0.1, -0.05) is 41.4 Å². The first-order chi connectivity index (χ1) is 11.5. The van der Waals surface area contributed by atoms with Crippen molar-refractivity contribution in [3.05, 3.63) is 64.1 Å². The Hall–Kier alpha value is -1.95. The van der Waals surface area contributed by atoms with Crippen LogP contribution in [0.15, 0.2) is 53.4 Å². The lowest BCUT2D eigenvalue weighted by Crippen LogP contribution is -2.13. The van der Waals surface area contributed by atoms with Gasteiger partial charge in [-0.15, -0.1) is 11.8 Å². The first-order valence-electron chi connectivity index (χ1n) is 6.90. The molecule has 2 amide bonds. The van der Waals surface area contributed by atoms with Gasteiger partial charge in [0.05, 0.1) is 21.5 Å². The monoisotopic (exact) mass is 380 g/mol. The van der Waals surface area contributed by atoms with Crippen molar-refractivity contribution < 1.29 is 9.59 Å². The summed E-state index contributed by atoms with van der Waals surface area (Å²) in [5.41, 5.74) is 6.53. The number of hydrogen-bond acceptors (Lipinski definition) is 3. The minimum Gasteiger partial charge on any atom is -0.369 e. The standard InChI is InChI=1S/C17H14Cl2N2O2S/c18-12-7-5-11(9-13(12)19)6-8-17(23)21-14-3-1-2-4-15(14)24-10-16(20)22/h1-9H,10H2,(H2,20,22)(H,21,23)/b8-6+. The molecule has 0 aliphatic rings. The molecule has 124 valence electrons. The molecular weight excluding hydrogens is 367 g/mol. The minimum atomic E-state index is -0.416. The Bertz CT molecular complexity index is 794. The second-order valence-electron chi connectivity index (χ2n) is 4.75. The molecule has 0 spiro atoms. The molecule has 0 heterocycles. The molecule has 0 atom stereocenters. The summed E-state index contributed by atoms with van der Waals surface area (Å²) in [6.07, 6.45) is 3.03. The van der Waals surface area contributed by atoms with Gasteiger partial charge in [-0.05, 0) is 35.9 Å². The number of thioether (sulfide) groups is 1. The lowest BCUT2D eigenvalue weighted by Gasteiger charge is -2.08. The van der Waals surface area contributed by atoms with Crippen LogP contribution in [0.1, 0.15) is 5.56 Å². The van der Waals surface area contributed by atoms with Crippen LogP contribution in [0.25, 0.3) is 6.08 Å². The molecule has 0 aliphatic carbocycles. The molecule has 2 aromatic rings. The van der Waals surface area contributed by atoms with Crippen LogP contribution in [0.2, 0.25) is 10.0 Å². The first-order valence-corrected chi connectivity index (χ1v) is 8.64. The number of hydrogen-bond donors (Lipinski definition) is 2. The Morgan fingerprint density at radius 3 is 2.58 bits per heavy atom. The van der Waals surface area contributed by atoms with E-state index in [2.05, 4.69) is 5.32 Å². The fraction of sp³-hybridized carbons (Fsp3) is 0.0588. The average molecular weight is 381 g/mol. The van der Waals surface area contributed by atoms with Crippen LogP contribution in [0, 0.1) is 0 Å². The number of carbonyl (C=O) groups excluding carboxylic acids is 2. The number of anilines is 1. The van der Waals surface area contributed by atoms with Crippen LogP contribution in [0.4, 0.5) is 5.69 Å². The summed E-state index contributed by atoms with van der Waals surface area (Å²) in [5.74, 6) is -0.569. The summed E-state index contributed by atoms with van der Waals surface area (Å²) in [4.78, 5) is 23.7. The normalized spacial score (nSPS) is 10.8. The lowest BCUT2D eigenvalue weighted by molar-refractivity contribution is -0.115. The maximum atomic E-state index is 12.1. The molecule has 3 N–H and O–H groups in total. The van der Waals surface area contributed by atoms with Gasteiger partial charge in [0.1, 0.15) is 0 Å². The molecule has 0 aliphatic heterocycles. The summed E-state index contributed by atoms with van der Waals surface area (Å²) >= 11 is 13.1. The number of nitrogens with one attached hydrogen (secondary N) is 1. The van der Waals surface area contributed by atoms with Crippen molar-refractivity contribution in [2.24, 2.45) is 5.73 Å². The fourth-order valence-corrected chi connectivity index (χ4v) is 2.86. The van der Waals surface area contributed by atoms with Crippen LogP contribution in [0.3, 0.4) is 0 Å². The number of nitrogens with two attached hydrogens (primary N) is 1. The van der Waals surface area contributed by atoms with E-state index in [-0.39, 0.29) is 11.7 Å². The van der Waals surface area contributed by atoms with Crippen molar-refractivity contribution in [3.8, 4) is 0 Å². The molecule has 0 saturated heterocycles. The number of carbonyl (C=O) groups is 2. The highest BCUT2D eigenvalue weighted by molar-refractivity contribution is 8.00. The zero-order chi connectivity index (χ0) is 17.5. The van der Waals surface area contributed by atoms with E-state index in [1.807, 2.05) is 12.1 Å².